The highest BCUT2D eigenvalue weighted by atomic mass is 16.2. The average molecular weight is 224 g/mol. The lowest BCUT2D eigenvalue weighted by atomic mass is 10.2. The maximum absolute atomic E-state index is 12.0. The molecule has 1 aromatic rings. The number of aryl methyl sites for hydroxylation is 1. The summed E-state index contributed by atoms with van der Waals surface area (Å²) in [5, 5.41) is 3.87. The van der Waals surface area contributed by atoms with E-state index in [9.17, 15) is 9.59 Å². The Kier molecular flexibility index (Phi) is 3.31. The van der Waals surface area contributed by atoms with E-state index in [1.54, 1.807) is 19.0 Å². The fourth-order valence-corrected chi connectivity index (χ4v) is 1.20. The molecular formula is C10H16N4O2. The van der Waals surface area contributed by atoms with E-state index in [0.717, 1.165) is 0 Å². The Bertz CT molecular complexity index is 422. The van der Waals surface area contributed by atoms with Crippen LogP contribution in [0.25, 0.3) is 0 Å². The summed E-state index contributed by atoms with van der Waals surface area (Å²) in [6.45, 7) is 3.81. The van der Waals surface area contributed by atoms with Crippen molar-refractivity contribution in [3.05, 3.63) is 17.5 Å². The number of carbonyl (C=O) groups excluding carboxylic acids is 2. The van der Waals surface area contributed by atoms with Gasteiger partial charge in [-0.3, -0.25) is 14.3 Å². The van der Waals surface area contributed by atoms with Crippen LogP contribution in [0.1, 0.15) is 34.8 Å². The smallest absolute Gasteiger partial charge is 0.272 e. The Morgan fingerprint density at radius 3 is 2.44 bits per heavy atom. The molecule has 0 saturated heterocycles. The Balaban J connectivity index is 3.05. The number of hydrogen-bond acceptors (Lipinski definition) is 3. The third kappa shape index (κ3) is 2.21. The summed E-state index contributed by atoms with van der Waals surface area (Å²) in [6.07, 6.45) is 0. The molecule has 0 aliphatic heterocycles. The van der Waals surface area contributed by atoms with Gasteiger partial charge in [0.15, 0.2) is 5.69 Å². The Morgan fingerprint density at radius 2 is 2.06 bits per heavy atom. The van der Waals surface area contributed by atoms with E-state index in [2.05, 4.69) is 5.10 Å². The summed E-state index contributed by atoms with van der Waals surface area (Å²) in [5.74, 6) is -0.820. The van der Waals surface area contributed by atoms with Gasteiger partial charge >= 0.3 is 0 Å². The van der Waals surface area contributed by atoms with Gasteiger partial charge in [-0.05, 0) is 13.8 Å². The first-order chi connectivity index (χ1) is 7.34. The largest absolute Gasteiger partial charge is 0.364 e. The van der Waals surface area contributed by atoms with Crippen LogP contribution in [-0.4, -0.2) is 39.6 Å². The zero-order valence-corrected chi connectivity index (χ0v) is 9.89. The Morgan fingerprint density at radius 1 is 1.50 bits per heavy atom. The van der Waals surface area contributed by atoms with Crippen molar-refractivity contribution in [1.82, 2.24) is 14.7 Å². The van der Waals surface area contributed by atoms with Crippen LogP contribution in [-0.2, 0) is 7.05 Å². The summed E-state index contributed by atoms with van der Waals surface area (Å²) in [5.41, 5.74) is 5.54. The van der Waals surface area contributed by atoms with Crippen molar-refractivity contribution in [1.29, 1.82) is 0 Å². The monoisotopic (exact) mass is 224 g/mol. The molecule has 0 aliphatic rings. The minimum absolute atomic E-state index is 0.0828. The van der Waals surface area contributed by atoms with Crippen LogP contribution in [0.15, 0.2) is 6.07 Å². The highest BCUT2D eigenvalue weighted by Gasteiger charge is 2.20. The lowest BCUT2D eigenvalue weighted by Crippen LogP contribution is -2.34. The molecule has 6 heteroatoms. The van der Waals surface area contributed by atoms with Crippen LogP contribution < -0.4 is 5.73 Å². The first-order valence-corrected chi connectivity index (χ1v) is 4.95. The van der Waals surface area contributed by atoms with Crippen LogP contribution in [0.4, 0.5) is 0 Å². The third-order valence-corrected chi connectivity index (χ3v) is 2.45. The zero-order valence-electron chi connectivity index (χ0n) is 9.89. The zero-order chi connectivity index (χ0) is 12.5. The fourth-order valence-electron chi connectivity index (χ4n) is 1.20. The normalized spacial score (nSPS) is 10.6. The molecule has 2 N–H and O–H groups in total. The van der Waals surface area contributed by atoms with Crippen LogP contribution in [0.3, 0.4) is 0 Å². The molecule has 0 unspecified atom stereocenters. The first kappa shape index (κ1) is 12.2. The van der Waals surface area contributed by atoms with E-state index < -0.39 is 5.91 Å². The number of amides is 2. The van der Waals surface area contributed by atoms with Crippen LogP contribution in [0.5, 0.6) is 0 Å². The van der Waals surface area contributed by atoms with Crippen LogP contribution in [0, 0.1) is 0 Å². The molecule has 0 saturated carbocycles. The van der Waals surface area contributed by atoms with Gasteiger partial charge in [-0.15, -0.1) is 0 Å². The second-order valence-corrected chi connectivity index (χ2v) is 3.91. The fraction of sp³-hybridized carbons (Fsp3) is 0.500. The number of nitrogens with zero attached hydrogens (tertiary/aromatic N) is 3. The van der Waals surface area contributed by atoms with E-state index >= 15 is 0 Å². The number of hydrogen-bond donors (Lipinski definition) is 1. The van der Waals surface area contributed by atoms with Gasteiger partial charge in [0.25, 0.3) is 11.8 Å². The molecule has 0 radical (unpaired) electrons. The van der Waals surface area contributed by atoms with Gasteiger partial charge in [0.2, 0.25) is 0 Å². The third-order valence-electron chi connectivity index (χ3n) is 2.45. The number of primary amides is 1. The molecule has 88 valence electrons. The topological polar surface area (TPSA) is 81.2 Å². The molecule has 0 fully saturated rings. The van der Waals surface area contributed by atoms with Gasteiger partial charge in [-0.25, -0.2) is 0 Å². The van der Waals surface area contributed by atoms with Gasteiger partial charge in [-0.1, -0.05) is 0 Å². The van der Waals surface area contributed by atoms with E-state index in [4.69, 9.17) is 5.73 Å². The number of carbonyl (C=O) groups is 2. The number of rotatable bonds is 3. The molecule has 0 bridgehead atoms. The van der Waals surface area contributed by atoms with E-state index in [0.29, 0.717) is 5.69 Å². The van der Waals surface area contributed by atoms with Crippen LogP contribution in [0.2, 0.25) is 0 Å². The van der Waals surface area contributed by atoms with E-state index in [-0.39, 0.29) is 17.6 Å². The second kappa shape index (κ2) is 4.34. The van der Waals surface area contributed by atoms with Gasteiger partial charge in [-0.2, -0.15) is 5.10 Å². The first-order valence-electron chi connectivity index (χ1n) is 4.95. The van der Waals surface area contributed by atoms with E-state index in [1.807, 2.05) is 13.8 Å². The van der Waals surface area contributed by atoms with Crippen molar-refractivity contribution in [3.63, 3.8) is 0 Å². The Hall–Kier alpha value is -1.85. The molecular weight excluding hydrogens is 208 g/mol. The van der Waals surface area contributed by atoms with Gasteiger partial charge in [0, 0.05) is 26.2 Å². The van der Waals surface area contributed by atoms with Gasteiger partial charge < -0.3 is 10.6 Å². The molecule has 0 spiro atoms. The average Bonchev–Trinajstić information content (AvgIpc) is 2.58. The maximum Gasteiger partial charge on any atom is 0.272 e. The molecule has 16 heavy (non-hydrogen) atoms. The number of aromatic nitrogens is 2. The summed E-state index contributed by atoms with van der Waals surface area (Å²) < 4.78 is 1.36. The molecule has 2 amide bonds. The minimum Gasteiger partial charge on any atom is -0.364 e. The van der Waals surface area contributed by atoms with Crippen molar-refractivity contribution < 1.29 is 9.59 Å². The molecule has 6 nitrogen and oxygen atoms in total. The maximum atomic E-state index is 12.0. The highest BCUT2D eigenvalue weighted by molar-refractivity contribution is 5.97. The predicted octanol–water partition coefficient (Wildman–Crippen LogP) is -0.000600. The quantitative estimate of drug-likeness (QED) is 0.784. The van der Waals surface area contributed by atoms with Crippen molar-refractivity contribution in [2.75, 3.05) is 7.05 Å². The lowest BCUT2D eigenvalue weighted by molar-refractivity contribution is 0.0743. The summed E-state index contributed by atoms with van der Waals surface area (Å²) >= 11 is 0. The molecule has 0 aromatic carbocycles. The second-order valence-electron chi connectivity index (χ2n) is 3.91. The standard InChI is InChI=1S/C10H16N4O2/c1-6(2)13(3)10(16)8-5-7(9(11)15)12-14(8)4/h5-6H,1-4H3,(H2,11,15). The lowest BCUT2D eigenvalue weighted by Gasteiger charge is -2.21. The molecule has 0 atom stereocenters. The van der Waals surface area contributed by atoms with Crippen molar-refractivity contribution in [2.45, 2.75) is 19.9 Å². The van der Waals surface area contributed by atoms with Gasteiger partial charge in [0.1, 0.15) is 5.69 Å². The molecule has 0 aliphatic carbocycles. The van der Waals surface area contributed by atoms with E-state index in [1.165, 1.54) is 10.7 Å². The molecule has 1 aromatic heterocycles. The SMILES string of the molecule is CC(C)N(C)C(=O)c1cc(C(N)=O)nn1C. The molecule has 1 heterocycles. The van der Waals surface area contributed by atoms with Gasteiger partial charge in [0.05, 0.1) is 0 Å². The van der Waals surface area contributed by atoms with Crippen molar-refractivity contribution in [3.8, 4) is 0 Å². The minimum atomic E-state index is -0.637. The summed E-state index contributed by atoms with van der Waals surface area (Å²) in [6, 6.07) is 1.49. The number of nitrogens with two attached hydrogens (primary N) is 1. The molecule has 1 rings (SSSR count). The predicted molar refractivity (Wildman–Crippen MR) is 59.0 cm³/mol. The van der Waals surface area contributed by atoms with Crippen LogP contribution >= 0.6 is 0 Å². The summed E-state index contributed by atoms with van der Waals surface area (Å²) in [4.78, 5) is 24.4. The van der Waals surface area contributed by atoms with Crippen molar-refractivity contribution in [2.24, 2.45) is 12.8 Å². The summed E-state index contributed by atoms with van der Waals surface area (Å²) in [7, 11) is 3.30. The highest BCUT2D eigenvalue weighted by Crippen LogP contribution is 2.07. The Labute approximate surface area is 94.0 Å². The van der Waals surface area contributed by atoms with Crippen molar-refractivity contribution >= 4 is 11.8 Å².